The Kier molecular flexibility index (Phi) is 9.57. The number of aliphatic hydroxyl groups excluding tert-OH is 10. The van der Waals surface area contributed by atoms with Gasteiger partial charge in [0.2, 0.25) is 0 Å². The molecule has 0 saturated carbocycles. The summed E-state index contributed by atoms with van der Waals surface area (Å²) >= 11 is 0. The Morgan fingerprint density at radius 2 is 1.24 bits per heavy atom. The maximum atomic E-state index is 10.8. The molecule has 0 aromatic carbocycles. The van der Waals surface area contributed by atoms with Crippen LogP contribution in [-0.4, -0.2) is 163 Å². The summed E-state index contributed by atoms with van der Waals surface area (Å²) in [4.78, 5) is 0. The van der Waals surface area contributed by atoms with Gasteiger partial charge < -0.3 is 74.7 Å². The number of hydrogen-bond acceptors (Lipinski definition) is 15. The Bertz CT molecular complexity index is 639. The van der Waals surface area contributed by atoms with E-state index in [9.17, 15) is 46.0 Å². The molecule has 3 aliphatic rings. The van der Waals surface area contributed by atoms with Crippen LogP contribution in [0.15, 0.2) is 0 Å². The van der Waals surface area contributed by atoms with Gasteiger partial charge in [0.1, 0.15) is 73.2 Å². The highest BCUT2D eigenvalue weighted by molar-refractivity contribution is 4.97. The molecule has 0 bridgehead atoms. The highest BCUT2D eigenvalue weighted by atomic mass is 16.7. The third-order valence-electron chi connectivity index (χ3n) is 6.33. The van der Waals surface area contributed by atoms with Gasteiger partial charge >= 0.3 is 0 Å². The first-order valence-electron chi connectivity index (χ1n) is 10.9. The van der Waals surface area contributed by atoms with E-state index >= 15 is 0 Å². The van der Waals surface area contributed by atoms with E-state index in [4.69, 9.17) is 28.8 Å². The summed E-state index contributed by atoms with van der Waals surface area (Å²) in [6, 6.07) is 0. The normalized spacial score (nSPS) is 50.9. The zero-order valence-electron chi connectivity index (χ0n) is 18.3. The van der Waals surface area contributed by atoms with Gasteiger partial charge in [0.05, 0.1) is 25.9 Å². The summed E-state index contributed by atoms with van der Waals surface area (Å²) in [6.45, 7) is -0.548. The smallest absolute Gasteiger partial charge is 0.187 e. The Morgan fingerprint density at radius 3 is 1.82 bits per heavy atom. The van der Waals surface area contributed by atoms with Crippen molar-refractivity contribution in [3.8, 4) is 0 Å². The molecule has 3 aliphatic heterocycles. The minimum Gasteiger partial charge on any atom is -0.394 e. The third-order valence-corrected chi connectivity index (χ3v) is 6.33. The van der Waals surface area contributed by atoms with Crippen molar-refractivity contribution in [3.63, 3.8) is 0 Å². The lowest BCUT2D eigenvalue weighted by atomic mass is 9.95. The van der Waals surface area contributed by atoms with Gasteiger partial charge in [-0.2, -0.15) is 0 Å². The topological polar surface area (TPSA) is 248 Å². The molecular formula is C19H34O15. The lowest BCUT2D eigenvalue weighted by Crippen LogP contribution is -2.65. The molecule has 3 saturated heterocycles. The van der Waals surface area contributed by atoms with Gasteiger partial charge in [0, 0.05) is 0 Å². The Labute approximate surface area is 194 Å². The molecule has 15 nitrogen and oxygen atoms in total. The molecule has 3 rings (SSSR count). The van der Waals surface area contributed by atoms with Crippen molar-refractivity contribution in [1.82, 2.24) is 0 Å². The van der Waals surface area contributed by atoms with Crippen LogP contribution in [-0.2, 0) is 23.7 Å². The first-order valence-corrected chi connectivity index (χ1v) is 10.9. The number of aliphatic hydroxyl groups is 10. The molecule has 200 valence electrons. The fourth-order valence-corrected chi connectivity index (χ4v) is 4.27. The summed E-state index contributed by atoms with van der Waals surface area (Å²) in [7, 11) is 0. The monoisotopic (exact) mass is 502 g/mol. The van der Waals surface area contributed by atoms with Crippen molar-refractivity contribution in [2.24, 2.45) is 0 Å². The average molecular weight is 502 g/mol. The van der Waals surface area contributed by atoms with Crippen LogP contribution in [0.25, 0.3) is 0 Å². The van der Waals surface area contributed by atoms with Gasteiger partial charge in [0.25, 0.3) is 0 Å². The molecule has 0 unspecified atom stereocenters. The quantitative estimate of drug-likeness (QED) is 0.148. The highest BCUT2D eigenvalue weighted by Gasteiger charge is 2.53. The fraction of sp³-hybridized carbons (Fsp3) is 1.00. The molecule has 0 spiro atoms. The highest BCUT2D eigenvalue weighted by Crippen LogP contribution is 2.33. The lowest BCUT2D eigenvalue weighted by Gasteiger charge is -2.46. The van der Waals surface area contributed by atoms with Crippen molar-refractivity contribution in [2.75, 3.05) is 19.8 Å². The molecule has 0 amide bonds. The van der Waals surface area contributed by atoms with Crippen molar-refractivity contribution in [2.45, 2.75) is 98.9 Å². The van der Waals surface area contributed by atoms with E-state index in [-0.39, 0.29) is 0 Å². The summed E-state index contributed by atoms with van der Waals surface area (Å²) < 4.78 is 27.2. The van der Waals surface area contributed by atoms with Crippen molar-refractivity contribution < 1.29 is 74.7 Å². The fourth-order valence-electron chi connectivity index (χ4n) is 4.27. The van der Waals surface area contributed by atoms with E-state index in [1.54, 1.807) is 0 Å². The van der Waals surface area contributed by atoms with Crippen LogP contribution in [0.2, 0.25) is 0 Å². The maximum absolute atomic E-state index is 10.8. The second-order valence-electron chi connectivity index (χ2n) is 8.65. The maximum Gasteiger partial charge on any atom is 0.187 e. The van der Waals surface area contributed by atoms with Crippen LogP contribution >= 0.6 is 0 Å². The molecule has 15 atom stereocenters. The molecule has 3 heterocycles. The van der Waals surface area contributed by atoms with Gasteiger partial charge in [-0.05, 0) is 6.92 Å². The van der Waals surface area contributed by atoms with Gasteiger partial charge in [-0.15, -0.1) is 0 Å². The van der Waals surface area contributed by atoms with E-state index in [1.807, 2.05) is 0 Å². The molecule has 0 aliphatic carbocycles. The molecule has 0 radical (unpaired) electrons. The molecule has 15 heteroatoms. The molecule has 0 aromatic rings. The zero-order valence-corrected chi connectivity index (χ0v) is 18.3. The predicted molar refractivity (Wildman–Crippen MR) is 105 cm³/mol. The first-order chi connectivity index (χ1) is 16.0. The van der Waals surface area contributed by atoms with E-state index < -0.39 is 112 Å². The van der Waals surface area contributed by atoms with E-state index in [0.29, 0.717) is 0 Å². The van der Waals surface area contributed by atoms with Crippen molar-refractivity contribution >= 4 is 0 Å². The van der Waals surface area contributed by atoms with Crippen LogP contribution in [0, 0.1) is 0 Å². The minimum absolute atomic E-state index is 0.557. The van der Waals surface area contributed by atoms with Gasteiger partial charge in [0.15, 0.2) is 12.6 Å². The van der Waals surface area contributed by atoms with Crippen LogP contribution in [0.3, 0.4) is 0 Å². The average Bonchev–Trinajstić information content (AvgIpc) is 3.13. The standard InChI is InChI=1S/C19H34O15/c1-5-9(24)17(34-18-13(28)11(26)12(27)15(32-18)6(23)2-20)14(29)19(30-5)33-16-8(4-22)31-7(3-21)10(16)25/h5-29H,2-4H2,1H3/t5-,6+,7+,8+,9+,10+,11-,12-,13-,14-,15+,16+,17+,18+,19-/m0/s1. The molecule has 0 aromatic heterocycles. The summed E-state index contributed by atoms with van der Waals surface area (Å²) in [5, 5.41) is 99.8. The first kappa shape index (κ1) is 28.0. The molecular weight excluding hydrogens is 468 g/mol. The predicted octanol–water partition coefficient (Wildman–Crippen LogP) is -6.50. The SMILES string of the molecule is C[C@@H]1O[C@@H](O[C@H]2[C@H](O)[C@@H](CO)O[C@@H]2CO)[C@@H](O)[C@H](O[C@H]2O[C@H]([C@H](O)CO)[C@@H](O)[C@H](O)[C@@H]2O)[C@@H]1O. The molecule has 3 fully saturated rings. The summed E-state index contributed by atoms with van der Waals surface area (Å²) in [6.07, 6.45) is -22.5. The van der Waals surface area contributed by atoms with Gasteiger partial charge in [-0.3, -0.25) is 0 Å². The third kappa shape index (κ3) is 5.39. The van der Waals surface area contributed by atoms with Crippen molar-refractivity contribution in [1.29, 1.82) is 0 Å². The summed E-state index contributed by atoms with van der Waals surface area (Å²) in [5.74, 6) is 0. The Hall–Kier alpha value is -0.600. The number of hydrogen-bond donors (Lipinski definition) is 10. The van der Waals surface area contributed by atoms with E-state index in [2.05, 4.69) is 0 Å². The van der Waals surface area contributed by atoms with Crippen LogP contribution in [0.4, 0.5) is 0 Å². The van der Waals surface area contributed by atoms with Crippen LogP contribution in [0.1, 0.15) is 6.92 Å². The van der Waals surface area contributed by atoms with E-state index in [0.717, 1.165) is 0 Å². The molecule has 34 heavy (non-hydrogen) atoms. The van der Waals surface area contributed by atoms with Crippen LogP contribution < -0.4 is 0 Å². The minimum atomic E-state index is -1.86. The Balaban J connectivity index is 1.75. The Morgan fingerprint density at radius 1 is 0.647 bits per heavy atom. The largest absolute Gasteiger partial charge is 0.394 e. The lowest BCUT2D eigenvalue weighted by molar-refractivity contribution is -0.366. The van der Waals surface area contributed by atoms with Gasteiger partial charge in [-0.1, -0.05) is 0 Å². The summed E-state index contributed by atoms with van der Waals surface area (Å²) in [5.41, 5.74) is 0. The second kappa shape index (κ2) is 11.6. The van der Waals surface area contributed by atoms with Crippen LogP contribution in [0.5, 0.6) is 0 Å². The number of rotatable bonds is 8. The number of ether oxygens (including phenoxy) is 5. The van der Waals surface area contributed by atoms with E-state index in [1.165, 1.54) is 6.92 Å². The second-order valence-corrected chi connectivity index (χ2v) is 8.65. The zero-order chi connectivity index (χ0) is 25.3. The van der Waals surface area contributed by atoms with Crippen molar-refractivity contribution in [3.05, 3.63) is 0 Å². The molecule has 10 N–H and O–H groups in total. The van der Waals surface area contributed by atoms with Gasteiger partial charge in [-0.25, -0.2) is 0 Å².